The summed E-state index contributed by atoms with van der Waals surface area (Å²) in [5.74, 6) is 0.634. The van der Waals surface area contributed by atoms with Crippen LogP contribution in [0, 0.1) is 11.5 Å². The van der Waals surface area contributed by atoms with Crippen LogP contribution in [0.1, 0.15) is 6.42 Å². The van der Waals surface area contributed by atoms with Gasteiger partial charge >= 0.3 is 0 Å². The van der Waals surface area contributed by atoms with Crippen molar-refractivity contribution >= 4 is 16.6 Å². The summed E-state index contributed by atoms with van der Waals surface area (Å²) in [6.07, 6.45) is 4.47. The lowest BCUT2D eigenvalue weighted by atomic mass is 10.1. The molecule has 8 nitrogen and oxygen atoms in total. The molecule has 2 aliphatic heterocycles. The maximum absolute atomic E-state index is 10.9. The summed E-state index contributed by atoms with van der Waals surface area (Å²) in [4.78, 5) is 1.66. The molecule has 2 N–H and O–H groups in total. The molecule has 1 aromatic carbocycles. The third-order valence-electron chi connectivity index (χ3n) is 4.70. The monoisotopic (exact) mass is 361 g/mol. The van der Waals surface area contributed by atoms with Gasteiger partial charge in [-0.25, -0.2) is 0 Å². The van der Waals surface area contributed by atoms with Gasteiger partial charge in [0.2, 0.25) is 0 Å². The van der Waals surface area contributed by atoms with E-state index in [2.05, 4.69) is 11.3 Å². The van der Waals surface area contributed by atoms with E-state index in [9.17, 15) is 9.11 Å². The molecule has 0 spiro atoms. The predicted octanol–water partition coefficient (Wildman–Crippen LogP) is 2.60. The smallest absolute Gasteiger partial charge is 0.179 e. The maximum Gasteiger partial charge on any atom is 0.179 e. The molecule has 1 aromatic heterocycles. The molecule has 0 aliphatic carbocycles. The van der Waals surface area contributed by atoms with E-state index in [0.717, 1.165) is 17.7 Å². The van der Waals surface area contributed by atoms with Crippen molar-refractivity contribution in [2.75, 3.05) is 30.5 Å². The average molecular weight is 361 g/mol. The van der Waals surface area contributed by atoms with Crippen LogP contribution in [0.5, 0.6) is 0 Å². The van der Waals surface area contributed by atoms with Crippen LogP contribution in [0.3, 0.4) is 0 Å². The van der Waals surface area contributed by atoms with Crippen LogP contribution < -0.4 is 4.31 Å². The minimum atomic E-state index is -3.10. The van der Waals surface area contributed by atoms with Crippen molar-refractivity contribution in [3.8, 4) is 17.5 Å². The molecule has 0 bridgehead atoms. The first-order chi connectivity index (χ1) is 12.1. The first-order valence-corrected chi connectivity index (χ1v) is 9.54. The number of aromatic nitrogens is 1. The van der Waals surface area contributed by atoms with Gasteiger partial charge in [-0.1, -0.05) is 28.3 Å². The number of benzene rings is 1. The van der Waals surface area contributed by atoms with Crippen molar-refractivity contribution in [1.29, 1.82) is 5.26 Å². The maximum atomic E-state index is 10.9. The van der Waals surface area contributed by atoms with E-state index in [4.69, 9.17) is 9.78 Å². The Balaban J connectivity index is 1.58. The zero-order chi connectivity index (χ0) is 17.4. The van der Waals surface area contributed by atoms with Gasteiger partial charge in [0, 0.05) is 31.3 Å². The number of nitrogens with zero attached hydrogens (tertiary/aromatic N) is 5. The zero-order valence-corrected chi connectivity index (χ0v) is 14.3. The molecule has 0 unspecified atom stereocenters. The third-order valence-corrected chi connectivity index (χ3v) is 6.80. The van der Waals surface area contributed by atoms with Crippen LogP contribution in [-0.4, -0.2) is 55.7 Å². The second-order valence-electron chi connectivity index (χ2n) is 6.15. The minimum Gasteiger partial charge on any atom is -0.356 e. The number of likely N-dealkylation sites (tertiary alicyclic amines) is 1. The Hall–Kier alpha value is -2.25. The summed E-state index contributed by atoms with van der Waals surface area (Å²) in [6, 6.07) is 9.22. The lowest BCUT2D eigenvalue weighted by molar-refractivity contribution is 0.310. The van der Waals surface area contributed by atoms with Gasteiger partial charge in [-0.15, -0.1) is 0 Å². The summed E-state index contributed by atoms with van der Waals surface area (Å²) in [5.41, 5.74) is 1.56. The van der Waals surface area contributed by atoms with Gasteiger partial charge in [0.15, 0.2) is 12.0 Å². The first-order valence-electron chi connectivity index (χ1n) is 8.08. The lowest BCUT2D eigenvalue weighted by Crippen LogP contribution is -2.38. The van der Waals surface area contributed by atoms with Crippen LogP contribution >= 0.6 is 11.0 Å². The fraction of sp³-hybridized carbons (Fsp3) is 0.375. The van der Waals surface area contributed by atoms with Crippen LogP contribution in [0.4, 0.5) is 5.69 Å². The average Bonchev–Trinajstić information content (AvgIpc) is 3.34. The summed E-state index contributed by atoms with van der Waals surface area (Å²) in [6.45, 7) is 2.27. The molecular formula is C16H19N5O3S. The van der Waals surface area contributed by atoms with Gasteiger partial charge in [0.1, 0.15) is 0 Å². The highest BCUT2D eigenvalue weighted by Crippen LogP contribution is 2.55. The molecule has 3 heterocycles. The molecule has 9 heteroatoms. The van der Waals surface area contributed by atoms with E-state index in [0.29, 0.717) is 31.9 Å². The van der Waals surface area contributed by atoms with Gasteiger partial charge in [-0.2, -0.15) is 9.57 Å². The second kappa shape index (κ2) is 6.24. The van der Waals surface area contributed by atoms with Crippen molar-refractivity contribution < 1.29 is 13.6 Å². The van der Waals surface area contributed by atoms with Crippen LogP contribution in [0.15, 0.2) is 41.1 Å². The zero-order valence-electron chi connectivity index (χ0n) is 13.5. The van der Waals surface area contributed by atoms with Crippen LogP contribution in [0.25, 0.3) is 11.3 Å². The highest BCUT2D eigenvalue weighted by Gasteiger charge is 2.43. The number of anilines is 1. The van der Waals surface area contributed by atoms with Gasteiger partial charge in [0.25, 0.3) is 0 Å². The fourth-order valence-electron chi connectivity index (χ4n) is 3.46. The second-order valence-corrected chi connectivity index (χ2v) is 8.04. The van der Waals surface area contributed by atoms with E-state index in [-0.39, 0.29) is 6.04 Å². The van der Waals surface area contributed by atoms with Crippen molar-refractivity contribution in [1.82, 2.24) is 14.4 Å². The van der Waals surface area contributed by atoms with Crippen molar-refractivity contribution in [2.24, 2.45) is 0 Å². The highest BCUT2D eigenvalue weighted by atomic mass is 32.3. The number of rotatable bonds is 3. The SMILES string of the molecule is N#CN1CC[C@H](N2CCN(c3cccc(-c4ccno4)c3)S2(O)O)C1. The number of hydrogen-bond acceptors (Lipinski definition) is 8. The number of hydrogen-bond donors (Lipinski definition) is 2. The van der Waals surface area contributed by atoms with Crippen LogP contribution in [-0.2, 0) is 0 Å². The number of nitriles is 1. The quantitative estimate of drug-likeness (QED) is 0.805. The molecule has 2 aromatic rings. The fourth-order valence-corrected chi connectivity index (χ4v) is 5.34. The Morgan fingerprint density at radius 3 is 2.84 bits per heavy atom. The van der Waals surface area contributed by atoms with E-state index >= 15 is 0 Å². The van der Waals surface area contributed by atoms with E-state index in [1.807, 2.05) is 24.3 Å². The van der Waals surface area contributed by atoms with Gasteiger partial charge in [0.05, 0.1) is 24.5 Å². The molecule has 4 rings (SSSR count). The Bertz CT molecular complexity index is 791. The highest BCUT2D eigenvalue weighted by molar-refractivity contribution is 8.23. The Morgan fingerprint density at radius 1 is 1.24 bits per heavy atom. The van der Waals surface area contributed by atoms with E-state index < -0.39 is 11.0 Å². The Kier molecular flexibility index (Phi) is 4.05. The summed E-state index contributed by atoms with van der Waals surface area (Å²) >= 11 is 0. The van der Waals surface area contributed by atoms with Gasteiger partial charge in [-0.05, 0) is 18.6 Å². The molecule has 25 heavy (non-hydrogen) atoms. The molecule has 0 saturated carbocycles. The molecule has 1 atom stereocenters. The van der Waals surface area contributed by atoms with Gasteiger partial charge in [-0.3, -0.25) is 13.4 Å². The Labute approximate surface area is 147 Å². The van der Waals surface area contributed by atoms with E-state index in [1.54, 1.807) is 25.8 Å². The summed E-state index contributed by atoms with van der Waals surface area (Å²) in [7, 11) is -3.10. The molecule has 0 amide bonds. The van der Waals surface area contributed by atoms with Crippen molar-refractivity contribution in [3.05, 3.63) is 36.5 Å². The summed E-state index contributed by atoms with van der Waals surface area (Å²) < 4.78 is 30.3. The molecular weight excluding hydrogens is 342 g/mol. The lowest BCUT2D eigenvalue weighted by Gasteiger charge is -2.45. The van der Waals surface area contributed by atoms with Crippen molar-refractivity contribution in [2.45, 2.75) is 12.5 Å². The third kappa shape index (κ3) is 2.83. The topological polar surface area (TPSA) is 100 Å². The van der Waals surface area contributed by atoms with E-state index in [1.165, 1.54) is 0 Å². The molecule has 132 valence electrons. The first kappa shape index (κ1) is 16.2. The predicted molar refractivity (Wildman–Crippen MR) is 94.4 cm³/mol. The largest absolute Gasteiger partial charge is 0.356 e. The standard InChI is InChI=1S/C16H19N5O3S/c17-12-19-7-5-15(11-19)21-9-8-20(25(21,22)23)14-3-1-2-13(10-14)16-4-6-18-24-16/h1-4,6,10,15,22-23H,5,7-9,11H2/t15-/m0/s1. The van der Waals surface area contributed by atoms with Crippen molar-refractivity contribution in [3.63, 3.8) is 0 Å². The minimum absolute atomic E-state index is 0.0212. The summed E-state index contributed by atoms with van der Waals surface area (Å²) in [5, 5.41) is 12.7. The molecule has 2 saturated heterocycles. The molecule has 0 radical (unpaired) electrons. The molecule has 2 aliphatic rings. The normalized spacial score (nSPS) is 24.4. The Morgan fingerprint density at radius 2 is 2.12 bits per heavy atom. The molecule has 2 fully saturated rings. The van der Waals surface area contributed by atoms with Crippen LogP contribution in [0.2, 0.25) is 0 Å². The van der Waals surface area contributed by atoms with Gasteiger partial charge < -0.3 is 9.42 Å².